The lowest BCUT2D eigenvalue weighted by atomic mass is 10.0. The second-order valence-corrected chi connectivity index (χ2v) is 10.9. The van der Waals surface area contributed by atoms with E-state index in [0.29, 0.717) is 24.4 Å². The standard InChI is InChI=1S/C30H42N6O5S/c1-4-17-34(19-15-31-3)20-16-32-29(38)28(23-26-10-12-27(13-11-26)36(40)41)33-30(39)35(21-22-42-24(2)37)18-14-25-8-6-5-7-9-25/h5-14,18,28,31H,4,15-17,19-23H2,1-3H3,(H,32,38)(H,33,39)/b18-14+/t28-/m0/s1. The summed E-state index contributed by atoms with van der Waals surface area (Å²) in [5.41, 5.74) is 1.51. The highest BCUT2D eigenvalue weighted by molar-refractivity contribution is 8.13. The van der Waals surface area contributed by atoms with Crippen molar-refractivity contribution in [3.8, 4) is 0 Å². The Bertz CT molecular complexity index is 1160. The van der Waals surface area contributed by atoms with Gasteiger partial charge in [0.05, 0.1) is 4.92 Å². The molecule has 42 heavy (non-hydrogen) atoms. The number of carbonyl (C=O) groups excluding carboxylic acids is 3. The van der Waals surface area contributed by atoms with Crippen molar-refractivity contribution < 1.29 is 19.3 Å². The molecule has 0 aliphatic rings. The Morgan fingerprint density at radius 1 is 1.00 bits per heavy atom. The molecule has 3 amide bonds. The lowest BCUT2D eigenvalue weighted by Crippen LogP contribution is -2.52. The minimum absolute atomic E-state index is 0.0512. The van der Waals surface area contributed by atoms with Gasteiger partial charge in [-0.25, -0.2) is 4.79 Å². The number of likely N-dealkylation sites (N-methyl/N-ethyl adjacent to an activating group) is 1. The van der Waals surface area contributed by atoms with Gasteiger partial charge in [0, 0.05) is 70.2 Å². The molecule has 12 heteroatoms. The molecule has 2 rings (SSSR count). The molecule has 2 aromatic carbocycles. The summed E-state index contributed by atoms with van der Waals surface area (Å²) in [5.74, 6) is 0.0397. The number of carbonyl (C=O) groups is 3. The Hall–Kier alpha value is -3.74. The van der Waals surface area contributed by atoms with Gasteiger partial charge in [-0.15, -0.1) is 0 Å². The second kappa shape index (κ2) is 19.4. The van der Waals surface area contributed by atoms with Crippen LogP contribution in [0.3, 0.4) is 0 Å². The van der Waals surface area contributed by atoms with E-state index in [1.54, 1.807) is 24.4 Å². The fraction of sp³-hybridized carbons (Fsp3) is 0.433. The number of hydrogen-bond donors (Lipinski definition) is 3. The Labute approximate surface area is 252 Å². The number of thioether (sulfide) groups is 1. The van der Waals surface area contributed by atoms with Gasteiger partial charge in [-0.2, -0.15) is 0 Å². The van der Waals surface area contributed by atoms with E-state index in [2.05, 4.69) is 27.8 Å². The fourth-order valence-electron chi connectivity index (χ4n) is 4.08. The van der Waals surface area contributed by atoms with E-state index in [1.807, 2.05) is 37.4 Å². The van der Waals surface area contributed by atoms with E-state index in [4.69, 9.17) is 0 Å². The maximum Gasteiger partial charge on any atom is 0.322 e. The second-order valence-electron chi connectivity index (χ2n) is 9.63. The van der Waals surface area contributed by atoms with Crippen molar-refractivity contribution in [1.29, 1.82) is 0 Å². The smallest absolute Gasteiger partial charge is 0.322 e. The van der Waals surface area contributed by atoms with Gasteiger partial charge in [-0.3, -0.25) is 19.7 Å². The normalized spacial score (nSPS) is 11.8. The number of nitrogens with zero attached hydrogens (tertiary/aromatic N) is 3. The molecule has 0 aliphatic heterocycles. The number of rotatable bonds is 18. The third kappa shape index (κ3) is 13.3. The van der Waals surface area contributed by atoms with Crippen LogP contribution in [0.25, 0.3) is 6.08 Å². The summed E-state index contributed by atoms with van der Waals surface area (Å²) >= 11 is 1.12. The topological polar surface area (TPSA) is 137 Å². The molecule has 0 aromatic heterocycles. The number of hydrogen-bond acceptors (Lipinski definition) is 8. The summed E-state index contributed by atoms with van der Waals surface area (Å²) in [6, 6.07) is 14.0. The van der Waals surface area contributed by atoms with Gasteiger partial charge in [0.2, 0.25) is 5.91 Å². The number of nitro groups is 1. The van der Waals surface area contributed by atoms with Crippen LogP contribution >= 0.6 is 11.8 Å². The Kier molecular flexibility index (Phi) is 15.9. The van der Waals surface area contributed by atoms with Crippen LogP contribution < -0.4 is 16.0 Å². The van der Waals surface area contributed by atoms with Gasteiger partial charge in [0.15, 0.2) is 5.12 Å². The molecule has 0 fully saturated rings. The van der Waals surface area contributed by atoms with Crippen LogP contribution in [0, 0.1) is 10.1 Å². The first kappa shape index (κ1) is 34.5. The summed E-state index contributed by atoms with van der Waals surface area (Å²) in [6.07, 6.45) is 4.56. The molecular weight excluding hydrogens is 556 g/mol. The van der Waals surface area contributed by atoms with Gasteiger partial charge in [0.25, 0.3) is 5.69 Å². The SMILES string of the molecule is CCCN(CCNC)CCNC(=O)[C@H](Cc1ccc([N+](=O)[O-])cc1)NC(=O)N(/C=C/c1ccccc1)CCSC(C)=O. The third-order valence-electron chi connectivity index (χ3n) is 6.29. The van der Waals surface area contributed by atoms with Crippen LogP contribution in [-0.2, 0) is 16.0 Å². The van der Waals surface area contributed by atoms with Crippen LogP contribution in [-0.4, -0.2) is 89.9 Å². The Balaban J connectivity index is 2.20. The van der Waals surface area contributed by atoms with E-state index in [9.17, 15) is 24.5 Å². The fourth-order valence-corrected chi connectivity index (χ4v) is 4.66. The lowest BCUT2D eigenvalue weighted by Gasteiger charge is -2.25. The number of nitrogens with one attached hydrogen (secondary N) is 3. The van der Waals surface area contributed by atoms with Crippen LogP contribution in [0.4, 0.5) is 10.5 Å². The van der Waals surface area contributed by atoms with Gasteiger partial charge >= 0.3 is 6.03 Å². The summed E-state index contributed by atoms with van der Waals surface area (Å²) < 4.78 is 0. The molecule has 0 heterocycles. The third-order valence-corrected chi connectivity index (χ3v) is 7.08. The average molecular weight is 599 g/mol. The lowest BCUT2D eigenvalue weighted by molar-refractivity contribution is -0.384. The molecule has 0 saturated heterocycles. The quantitative estimate of drug-likeness (QED) is 0.175. The van der Waals surface area contributed by atoms with Crippen LogP contribution in [0.15, 0.2) is 60.8 Å². The summed E-state index contributed by atoms with van der Waals surface area (Å²) in [6.45, 7) is 7.48. The molecule has 228 valence electrons. The van der Waals surface area contributed by atoms with Gasteiger partial charge in [-0.05, 0) is 37.2 Å². The molecule has 0 radical (unpaired) electrons. The maximum absolute atomic E-state index is 13.5. The molecular formula is C30H42N6O5S. The zero-order chi connectivity index (χ0) is 30.7. The summed E-state index contributed by atoms with van der Waals surface area (Å²) in [7, 11) is 1.90. The maximum atomic E-state index is 13.5. The highest BCUT2D eigenvalue weighted by atomic mass is 32.2. The molecule has 0 saturated carbocycles. The van der Waals surface area contributed by atoms with Gasteiger partial charge in [-0.1, -0.05) is 61.2 Å². The molecule has 2 aromatic rings. The number of non-ortho nitro benzene ring substituents is 1. The number of nitro benzene ring substituents is 1. The number of urea groups is 1. The largest absolute Gasteiger partial charge is 0.353 e. The first-order valence-electron chi connectivity index (χ1n) is 14.0. The van der Waals surface area contributed by atoms with E-state index in [-0.39, 0.29) is 29.7 Å². The predicted octanol–water partition coefficient (Wildman–Crippen LogP) is 3.52. The minimum atomic E-state index is -0.927. The summed E-state index contributed by atoms with van der Waals surface area (Å²) in [5, 5.41) is 20.0. The molecule has 0 bridgehead atoms. The molecule has 3 N–H and O–H groups in total. The molecule has 0 unspecified atom stereocenters. The van der Waals surface area contributed by atoms with Gasteiger partial charge < -0.3 is 25.8 Å². The monoisotopic (exact) mass is 598 g/mol. The zero-order valence-corrected chi connectivity index (χ0v) is 25.4. The van der Waals surface area contributed by atoms with E-state index in [1.165, 1.54) is 24.0 Å². The highest BCUT2D eigenvalue weighted by Crippen LogP contribution is 2.14. The number of benzene rings is 2. The molecule has 1 atom stereocenters. The van der Waals surface area contributed by atoms with Crippen molar-refractivity contribution in [2.45, 2.75) is 32.7 Å². The van der Waals surface area contributed by atoms with Crippen molar-refractivity contribution in [1.82, 2.24) is 25.8 Å². The van der Waals surface area contributed by atoms with Crippen LogP contribution in [0.5, 0.6) is 0 Å². The average Bonchev–Trinajstić information content (AvgIpc) is 2.97. The predicted molar refractivity (Wildman–Crippen MR) is 168 cm³/mol. The number of amides is 3. The van der Waals surface area contributed by atoms with E-state index in [0.717, 1.165) is 43.4 Å². The first-order chi connectivity index (χ1) is 20.2. The van der Waals surface area contributed by atoms with Crippen molar-refractivity contribution in [2.24, 2.45) is 0 Å². The molecule has 11 nitrogen and oxygen atoms in total. The first-order valence-corrected chi connectivity index (χ1v) is 15.0. The highest BCUT2D eigenvalue weighted by Gasteiger charge is 2.24. The van der Waals surface area contributed by atoms with Crippen molar-refractivity contribution in [3.05, 3.63) is 82.0 Å². The van der Waals surface area contributed by atoms with Crippen molar-refractivity contribution >= 4 is 40.6 Å². The minimum Gasteiger partial charge on any atom is -0.353 e. The van der Waals surface area contributed by atoms with Crippen LogP contribution in [0.2, 0.25) is 0 Å². The molecule has 0 aliphatic carbocycles. The van der Waals surface area contributed by atoms with E-state index < -0.39 is 17.0 Å². The Morgan fingerprint density at radius 2 is 1.69 bits per heavy atom. The van der Waals surface area contributed by atoms with Gasteiger partial charge in [0.1, 0.15) is 6.04 Å². The summed E-state index contributed by atoms with van der Waals surface area (Å²) in [4.78, 5) is 52.6. The molecule has 0 spiro atoms. The van der Waals surface area contributed by atoms with Crippen LogP contribution in [0.1, 0.15) is 31.4 Å². The Morgan fingerprint density at radius 3 is 2.31 bits per heavy atom. The van der Waals surface area contributed by atoms with Crippen molar-refractivity contribution in [2.75, 3.05) is 52.1 Å². The van der Waals surface area contributed by atoms with Crippen molar-refractivity contribution in [3.63, 3.8) is 0 Å². The van der Waals surface area contributed by atoms with E-state index >= 15 is 0 Å². The zero-order valence-electron chi connectivity index (χ0n) is 24.6.